The maximum atomic E-state index is 10.6. The van der Waals surface area contributed by atoms with E-state index in [0.29, 0.717) is 16.4 Å². The van der Waals surface area contributed by atoms with E-state index in [1.165, 1.54) is 0 Å². The SMILES string of the molecule is Cc1cc(C(N)=S)cc(NCC(N)=O)n1. The number of hydrogen-bond acceptors (Lipinski definition) is 4. The maximum absolute atomic E-state index is 10.6. The summed E-state index contributed by atoms with van der Waals surface area (Å²) in [5.41, 5.74) is 12.0. The molecule has 5 N–H and O–H groups in total. The van der Waals surface area contributed by atoms with Gasteiger partial charge in [-0.3, -0.25) is 4.79 Å². The van der Waals surface area contributed by atoms with Crippen LogP contribution in [0.1, 0.15) is 11.3 Å². The minimum atomic E-state index is -0.449. The van der Waals surface area contributed by atoms with Gasteiger partial charge < -0.3 is 16.8 Å². The number of carbonyl (C=O) groups excluding carboxylic acids is 1. The van der Waals surface area contributed by atoms with E-state index in [-0.39, 0.29) is 6.54 Å². The summed E-state index contributed by atoms with van der Waals surface area (Å²) in [6.45, 7) is 1.85. The first-order valence-corrected chi connectivity index (χ1v) is 4.70. The number of pyridine rings is 1. The normalized spacial score (nSPS) is 9.67. The van der Waals surface area contributed by atoms with Crippen LogP contribution < -0.4 is 16.8 Å². The summed E-state index contributed by atoms with van der Waals surface area (Å²) in [6, 6.07) is 3.45. The molecule has 1 aromatic rings. The van der Waals surface area contributed by atoms with Gasteiger partial charge in [-0.25, -0.2) is 4.98 Å². The first-order chi connectivity index (χ1) is 6.99. The number of aromatic nitrogens is 1. The molecule has 0 radical (unpaired) electrons. The van der Waals surface area contributed by atoms with Crippen LogP contribution in [0, 0.1) is 6.92 Å². The zero-order chi connectivity index (χ0) is 11.4. The second kappa shape index (κ2) is 4.70. The van der Waals surface area contributed by atoms with Crippen molar-refractivity contribution in [1.82, 2.24) is 4.98 Å². The van der Waals surface area contributed by atoms with Gasteiger partial charge >= 0.3 is 0 Å². The lowest BCUT2D eigenvalue weighted by Crippen LogP contribution is -2.22. The highest BCUT2D eigenvalue weighted by Crippen LogP contribution is 2.09. The number of nitrogens with one attached hydrogen (secondary N) is 1. The predicted molar refractivity (Wildman–Crippen MR) is 62.5 cm³/mol. The number of carbonyl (C=O) groups is 1. The van der Waals surface area contributed by atoms with Crippen molar-refractivity contribution < 1.29 is 4.79 Å². The van der Waals surface area contributed by atoms with Crippen LogP contribution in [-0.2, 0) is 4.79 Å². The van der Waals surface area contributed by atoms with E-state index in [9.17, 15) is 4.79 Å². The van der Waals surface area contributed by atoms with Crippen LogP contribution in [0.4, 0.5) is 5.82 Å². The van der Waals surface area contributed by atoms with Gasteiger partial charge in [0, 0.05) is 11.3 Å². The Hall–Kier alpha value is -1.69. The van der Waals surface area contributed by atoms with Crippen LogP contribution in [-0.4, -0.2) is 22.4 Å². The molecule has 0 unspecified atom stereocenters. The van der Waals surface area contributed by atoms with Crippen molar-refractivity contribution in [3.8, 4) is 0 Å². The van der Waals surface area contributed by atoms with Gasteiger partial charge in [-0.2, -0.15) is 0 Å². The molecule has 0 bridgehead atoms. The molecule has 15 heavy (non-hydrogen) atoms. The summed E-state index contributed by atoms with van der Waals surface area (Å²) in [6.07, 6.45) is 0. The van der Waals surface area contributed by atoms with Crippen molar-refractivity contribution >= 4 is 28.9 Å². The fourth-order valence-electron chi connectivity index (χ4n) is 1.08. The number of rotatable bonds is 4. The van der Waals surface area contributed by atoms with E-state index in [1.54, 1.807) is 12.1 Å². The monoisotopic (exact) mass is 224 g/mol. The topological polar surface area (TPSA) is 94.0 Å². The third-order valence-electron chi connectivity index (χ3n) is 1.68. The Bertz CT molecular complexity index is 405. The molecular weight excluding hydrogens is 212 g/mol. The fraction of sp³-hybridized carbons (Fsp3) is 0.222. The molecule has 5 nitrogen and oxygen atoms in total. The molecular formula is C9H12N4OS. The van der Waals surface area contributed by atoms with Crippen molar-refractivity contribution in [2.75, 3.05) is 11.9 Å². The molecule has 1 rings (SSSR count). The average molecular weight is 224 g/mol. The predicted octanol–water partition coefficient (Wildman–Crippen LogP) is -0.0786. The lowest BCUT2D eigenvalue weighted by Gasteiger charge is -2.06. The molecule has 6 heteroatoms. The zero-order valence-electron chi connectivity index (χ0n) is 8.28. The van der Waals surface area contributed by atoms with E-state index in [2.05, 4.69) is 10.3 Å². The van der Waals surface area contributed by atoms with Crippen LogP contribution in [0.15, 0.2) is 12.1 Å². The number of anilines is 1. The molecule has 1 amide bonds. The molecule has 80 valence electrons. The molecule has 0 saturated heterocycles. The van der Waals surface area contributed by atoms with Crippen LogP contribution in [0.2, 0.25) is 0 Å². The van der Waals surface area contributed by atoms with E-state index < -0.39 is 5.91 Å². The molecule has 0 aliphatic heterocycles. The highest BCUT2D eigenvalue weighted by Gasteiger charge is 2.02. The lowest BCUT2D eigenvalue weighted by molar-refractivity contribution is -0.116. The quantitative estimate of drug-likeness (QED) is 0.622. The second-order valence-electron chi connectivity index (χ2n) is 3.07. The van der Waals surface area contributed by atoms with E-state index in [4.69, 9.17) is 23.7 Å². The Labute approximate surface area is 92.9 Å². The minimum Gasteiger partial charge on any atom is -0.389 e. The Kier molecular flexibility index (Phi) is 3.56. The van der Waals surface area contributed by atoms with Crippen LogP contribution in [0.5, 0.6) is 0 Å². The molecule has 0 aromatic carbocycles. The Morgan fingerprint density at radius 2 is 2.20 bits per heavy atom. The maximum Gasteiger partial charge on any atom is 0.236 e. The lowest BCUT2D eigenvalue weighted by atomic mass is 10.2. The summed E-state index contributed by atoms with van der Waals surface area (Å²) >= 11 is 4.85. The molecule has 0 atom stereocenters. The highest BCUT2D eigenvalue weighted by atomic mass is 32.1. The molecule has 0 saturated carbocycles. The number of amides is 1. The van der Waals surface area contributed by atoms with Gasteiger partial charge in [0.05, 0.1) is 6.54 Å². The van der Waals surface area contributed by atoms with E-state index >= 15 is 0 Å². The largest absolute Gasteiger partial charge is 0.389 e. The summed E-state index contributed by atoms with van der Waals surface area (Å²) in [7, 11) is 0. The van der Waals surface area contributed by atoms with Crippen molar-refractivity contribution in [3.05, 3.63) is 23.4 Å². The third-order valence-corrected chi connectivity index (χ3v) is 1.92. The van der Waals surface area contributed by atoms with Gasteiger partial charge in [-0.1, -0.05) is 12.2 Å². The average Bonchev–Trinajstić information content (AvgIpc) is 2.13. The van der Waals surface area contributed by atoms with Crippen LogP contribution in [0.3, 0.4) is 0 Å². The van der Waals surface area contributed by atoms with Crippen LogP contribution in [0.25, 0.3) is 0 Å². The smallest absolute Gasteiger partial charge is 0.236 e. The number of primary amides is 1. The number of thiocarbonyl (C=S) groups is 1. The molecule has 0 fully saturated rings. The van der Waals surface area contributed by atoms with E-state index in [1.807, 2.05) is 6.92 Å². The van der Waals surface area contributed by atoms with Crippen molar-refractivity contribution in [2.45, 2.75) is 6.92 Å². The molecule has 0 spiro atoms. The zero-order valence-corrected chi connectivity index (χ0v) is 9.10. The number of nitrogens with two attached hydrogens (primary N) is 2. The van der Waals surface area contributed by atoms with Gasteiger partial charge in [-0.05, 0) is 19.1 Å². The fourth-order valence-corrected chi connectivity index (χ4v) is 1.20. The van der Waals surface area contributed by atoms with Crippen molar-refractivity contribution in [3.63, 3.8) is 0 Å². The van der Waals surface area contributed by atoms with Crippen molar-refractivity contribution in [1.29, 1.82) is 0 Å². The number of nitrogens with zero attached hydrogens (tertiary/aromatic N) is 1. The summed E-state index contributed by atoms with van der Waals surface area (Å²) < 4.78 is 0. The Balaban J connectivity index is 2.88. The highest BCUT2D eigenvalue weighted by molar-refractivity contribution is 7.80. The summed E-state index contributed by atoms with van der Waals surface area (Å²) in [4.78, 5) is 15.0. The molecule has 0 aliphatic rings. The first-order valence-electron chi connectivity index (χ1n) is 4.29. The van der Waals surface area contributed by atoms with E-state index in [0.717, 1.165) is 5.69 Å². The van der Waals surface area contributed by atoms with Gasteiger partial charge in [-0.15, -0.1) is 0 Å². The third kappa shape index (κ3) is 3.51. The first kappa shape index (κ1) is 11.4. The Morgan fingerprint density at radius 1 is 1.53 bits per heavy atom. The minimum absolute atomic E-state index is 0.0349. The van der Waals surface area contributed by atoms with Gasteiger partial charge in [0.2, 0.25) is 5.91 Å². The Morgan fingerprint density at radius 3 is 2.73 bits per heavy atom. The summed E-state index contributed by atoms with van der Waals surface area (Å²) in [5.74, 6) is 0.0896. The van der Waals surface area contributed by atoms with Crippen molar-refractivity contribution in [2.24, 2.45) is 11.5 Å². The van der Waals surface area contributed by atoms with Gasteiger partial charge in [0.25, 0.3) is 0 Å². The molecule has 1 heterocycles. The summed E-state index contributed by atoms with van der Waals surface area (Å²) in [5, 5.41) is 2.78. The number of hydrogen-bond donors (Lipinski definition) is 3. The van der Waals surface area contributed by atoms with Gasteiger partial charge in [0.15, 0.2) is 0 Å². The number of aryl methyl sites for hydroxylation is 1. The second-order valence-corrected chi connectivity index (χ2v) is 3.51. The van der Waals surface area contributed by atoms with Gasteiger partial charge in [0.1, 0.15) is 10.8 Å². The molecule has 0 aliphatic carbocycles. The molecule has 1 aromatic heterocycles. The standard InChI is InChI=1S/C9H12N4OS/c1-5-2-6(9(11)15)3-8(13-5)12-4-7(10)14/h2-3H,4H2,1H3,(H2,10,14)(H2,11,15)(H,12,13). The van der Waals surface area contributed by atoms with Crippen LogP contribution >= 0.6 is 12.2 Å².